The van der Waals surface area contributed by atoms with Crippen LogP contribution in [0.25, 0.3) is 0 Å². The molecule has 1 aliphatic heterocycles. The number of likely N-dealkylation sites (tertiary alicyclic amines) is 1. The van der Waals surface area contributed by atoms with Gasteiger partial charge in [0, 0.05) is 12.1 Å². The molecule has 5 heteroatoms. The van der Waals surface area contributed by atoms with Crippen LogP contribution in [0.1, 0.15) is 51.4 Å². The van der Waals surface area contributed by atoms with Gasteiger partial charge in [-0.2, -0.15) is 11.8 Å². The van der Waals surface area contributed by atoms with Gasteiger partial charge >= 0.3 is 0 Å². The molecule has 2 fully saturated rings. The predicted molar refractivity (Wildman–Crippen MR) is 90.6 cm³/mol. The summed E-state index contributed by atoms with van der Waals surface area (Å²) >= 11 is 1.74. The van der Waals surface area contributed by atoms with Crippen molar-refractivity contribution in [1.82, 2.24) is 10.2 Å². The Bertz CT molecular complexity index is 325. The van der Waals surface area contributed by atoms with Gasteiger partial charge in [-0.1, -0.05) is 19.3 Å². The zero-order chi connectivity index (χ0) is 15.1. The van der Waals surface area contributed by atoms with Crippen molar-refractivity contribution in [3.63, 3.8) is 0 Å². The Balaban J connectivity index is 1.86. The number of rotatable bonds is 7. The summed E-state index contributed by atoms with van der Waals surface area (Å²) in [7, 11) is 0. The van der Waals surface area contributed by atoms with E-state index < -0.39 is 0 Å². The molecule has 1 atom stereocenters. The Hall–Kier alpha value is -0.260. The average Bonchev–Trinajstić information content (AvgIpc) is 3.01. The summed E-state index contributed by atoms with van der Waals surface area (Å²) in [6.07, 6.45) is 11.8. The van der Waals surface area contributed by atoms with E-state index in [-0.39, 0.29) is 17.5 Å². The summed E-state index contributed by atoms with van der Waals surface area (Å²) in [6, 6.07) is -0.350. The minimum Gasteiger partial charge on any atom is -0.353 e. The van der Waals surface area contributed by atoms with Crippen molar-refractivity contribution in [2.24, 2.45) is 5.73 Å². The largest absolute Gasteiger partial charge is 0.353 e. The minimum absolute atomic E-state index is 0.0346. The van der Waals surface area contributed by atoms with Crippen LogP contribution in [0.5, 0.6) is 0 Å². The number of carbonyl (C=O) groups excluding carboxylic acids is 1. The molecule has 0 aromatic rings. The van der Waals surface area contributed by atoms with Crippen LogP contribution in [-0.4, -0.2) is 54.0 Å². The van der Waals surface area contributed by atoms with Crippen molar-refractivity contribution in [3.05, 3.63) is 0 Å². The molecule has 21 heavy (non-hydrogen) atoms. The van der Waals surface area contributed by atoms with E-state index in [9.17, 15) is 4.79 Å². The molecule has 122 valence electrons. The van der Waals surface area contributed by atoms with Gasteiger partial charge in [0.15, 0.2) is 0 Å². The fraction of sp³-hybridized carbons (Fsp3) is 0.938. The first-order valence-corrected chi connectivity index (χ1v) is 9.85. The SMILES string of the molecule is CSCC[C@H](N)C(=O)NCC1(N2CCCCC2)CCCC1. The van der Waals surface area contributed by atoms with Crippen LogP contribution in [0.3, 0.4) is 0 Å². The molecule has 1 amide bonds. The highest BCUT2D eigenvalue weighted by Crippen LogP contribution is 2.36. The average molecular weight is 314 g/mol. The third kappa shape index (κ3) is 4.60. The topological polar surface area (TPSA) is 58.4 Å². The van der Waals surface area contributed by atoms with Crippen LogP contribution in [0.4, 0.5) is 0 Å². The number of nitrogens with zero attached hydrogens (tertiary/aromatic N) is 1. The summed E-state index contributed by atoms with van der Waals surface area (Å²) in [5.41, 5.74) is 6.19. The van der Waals surface area contributed by atoms with Gasteiger partial charge in [-0.25, -0.2) is 0 Å². The lowest BCUT2D eigenvalue weighted by atomic mass is 9.92. The molecule has 0 unspecified atom stereocenters. The van der Waals surface area contributed by atoms with Crippen molar-refractivity contribution in [2.75, 3.05) is 31.6 Å². The smallest absolute Gasteiger partial charge is 0.237 e. The van der Waals surface area contributed by atoms with E-state index in [0.29, 0.717) is 0 Å². The highest BCUT2D eigenvalue weighted by atomic mass is 32.2. The van der Waals surface area contributed by atoms with E-state index in [1.54, 1.807) is 11.8 Å². The lowest BCUT2D eigenvalue weighted by molar-refractivity contribution is -0.123. The van der Waals surface area contributed by atoms with Crippen LogP contribution >= 0.6 is 11.8 Å². The predicted octanol–water partition coefficient (Wildman–Crippen LogP) is 1.98. The van der Waals surface area contributed by atoms with Crippen LogP contribution in [0.15, 0.2) is 0 Å². The molecular formula is C16H31N3OS. The molecule has 3 N–H and O–H groups in total. The summed E-state index contributed by atoms with van der Waals surface area (Å²) < 4.78 is 0. The number of amides is 1. The first-order valence-electron chi connectivity index (χ1n) is 8.45. The highest BCUT2D eigenvalue weighted by molar-refractivity contribution is 7.98. The van der Waals surface area contributed by atoms with Gasteiger partial charge in [0.2, 0.25) is 5.91 Å². The van der Waals surface area contributed by atoms with E-state index in [4.69, 9.17) is 5.73 Å². The molecule has 2 rings (SSSR count). The van der Waals surface area contributed by atoms with Crippen molar-refractivity contribution < 1.29 is 4.79 Å². The zero-order valence-electron chi connectivity index (χ0n) is 13.4. The number of piperidine rings is 1. The summed E-state index contributed by atoms with van der Waals surface area (Å²) in [5, 5.41) is 3.16. The molecule has 1 saturated heterocycles. The molecule has 4 nitrogen and oxygen atoms in total. The van der Waals surface area contributed by atoms with Gasteiger partial charge in [0.1, 0.15) is 0 Å². The molecule has 0 radical (unpaired) electrons. The van der Waals surface area contributed by atoms with Crippen LogP contribution in [0, 0.1) is 0 Å². The molecule has 1 heterocycles. The molecule has 0 aromatic carbocycles. The molecule has 1 aliphatic carbocycles. The van der Waals surface area contributed by atoms with Gasteiger partial charge in [-0.05, 0) is 57.2 Å². The van der Waals surface area contributed by atoms with Gasteiger partial charge < -0.3 is 11.1 Å². The maximum absolute atomic E-state index is 12.2. The fourth-order valence-corrected chi connectivity index (χ4v) is 4.25. The first-order chi connectivity index (χ1) is 10.2. The monoisotopic (exact) mass is 313 g/mol. The van der Waals surface area contributed by atoms with Crippen LogP contribution in [0.2, 0.25) is 0 Å². The van der Waals surface area contributed by atoms with Gasteiger partial charge in [-0.3, -0.25) is 9.69 Å². The quantitative estimate of drug-likeness (QED) is 0.754. The molecule has 0 spiro atoms. The second-order valence-electron chi connectivity index (χ2n) is 6.58. The van der Waals surface area contributed by atoms with Crippen molar-refractivity contribution in [3.8, 4) is 0 Å². The van der Waals surface area contributed by atoms with E-state index in [1.165, 1.54) is 58.0 Å². The fourth-order valence-electron chi connectivity index (χ4n) is 3.76. The standard InChI is InChI=1S/C16H31N3OS/c1-21-12-7-14(17)15(20)18-13-16(8-3-4-9-16)19-10-5-2-6-11-19/h14H,2-13,17H2,1H3,(H,18,20)/t14-/m0/s1. The second-order valence-corrected chi connectivity index (χ2v) is 7.57. The van der Waals surface area contributed by atoms with E-state index in [0.717, 1.165) is 18.7 Å². The van der Waals surface area contributed by atoms with Crippen molar-refractivity contribution in [2.45, 2.75) is 62.9 Å². The lowest BCUT2D eigenvalue weighted by Crippen LogP contribution is -2.57. The summed E-state index contributed by atoms with van der Waals surface area (Å²) in [6.45, 7) is 3.20. The van der Waals surface area contributed by atoms with E-state index in [1.807, 2.05) is 0 Å². The van der Waals surface area contributed by atoms with Crippen molar-refractivity contribution >= 4 is 17.7 Å². The molecule has 0 aromatic heterocycles. The van der Waals surface area contributed by atoms with Crippen molar-refractivity contribution in [1.29, 1.82) is 0 Å². The molecular weight excluding hydrogens is 282 g/mol. The number of carbonyl (C=O) groups is 1. The number of hydrogen-bond acceptors (Lipinski definition) is 4. The zero-order valence-corrected chi connectivity index (χ0v) is 14.2. The Morgan fingerprint density at radius 2 is 1.90 bits per heavy atom. The second kappa shape index (κ2) is 8.39. The van der Waals surface area contributed by atoms with Crippen LogP contribution in [-0.2, 0) is 4.79 Å². The van der Waals surface area contributed by atoms with Gasteiger partial charge in [0.25, 0.3) is 0 Å². The van der Waals surface area contributed by atoms with Gasteiger partial charge in [0.05, 0.1) is 6.04 Å². The van der Waals surface area contributed by atoms with Crippen LogP contribution < -0.4 is 11.1 Å². The number of hydrogen-bond donors (Lipinski definition) is 2. The number of thioether (sulfide) groups is 1. The molecule has 1 saturated carbocycles. The molecule has 2 aliphatic rings. The highest BCUT2D eigenvalue weighted by Gasteiger charge is 2.40. The molecule has 0 bridgehead atoms. The maximum Gasteiger partial charge on any atom is 0.237 e. The van der Waals surface area contributed by atoms with E-state index in [2.05, 4.69) is 16.5 Å². The number of nitrogens with two attached hydrogens (primary N) is 1. The third-order valence-electron chi connectivity index (χ3n) is 5.12. The lowest BCUT2D eigenvalue weighted by Gasteiger charge is -2.44. The minimum atomic E-state index is -0.350. The normalized spacial score (nSPS) is 23.9. The number of nitrogens with one attached hydrogen (secondary N) is 1. The maximum atomic E-state index is 12.2. The summed E-state index contributed by atoms with van der Waals surface area (Å²) in [5.74, 6) is 0.985. The Morgan fingerprint density at radius 1 is 1.24 bits per heavy atom. The third-order valence-corrected chi connectivity index (χ3v) is 5.77. The Labute approximate surface area is 133 Å². The first kappa shape index (κ1) is 17.1. The summed E-state index contributed by atoms with van der Waals surface area (Å²) in [4.78, 5) is 14.8. The Kier molecular flexibility index (Phi) is 6.83. The van der Waals surface area contributed by atoms with E-state index >= 15 is 0 Å². The Morgan fingerprint density at radius 3 is 2.52 bits per heavy atom. The van der Waals surface area contributed by atoms with Gasteiger partial charge in [-0.15, -0.1) is 0 Å².